The van der Waals surface area contributed by atoms with Crippen LogP contribution in [0.15, 0.2) is 53.4 Å². The van der Waals surface area contributed by atoms with Crippen molar-refractivity contribution < 1.29 is 19.1 Å². The average Bonchev–Trinajstić information content (AvgIpc) is 2.67. The zero-order chi connectivity index (χ0) is 21.2. The summed E-state index contributed by atoms with van der Waals surface area (Å²) in [6, 6.07) is 14.8. The molecule has 0 bridgehead atoms. The highest BCUT2D eigenvalue weighted by Crippen LogP contribution is 2.36. The van der Waals surface area contributed by atoms with Crippen LogP contribution in [0.1, 0.15) is 50.0 Å². The molecule has 0 fully saturated rings. The number of anilines is 1. The van der Waals surface area contributed by atoms with E-state index in [1.165, 1.54) is 11.8 Å². The van der Waals surface area contributed by atoms with Gasteiger partial charge in [0.2, 0.25) is 11.7 Å². The first-order valence-electron chi connectivity index (χ1n) is 9.56. The van der Waals surface area contributed by atoms with E-state index in [4.69, 9.17) is 4.74 Å². The molecule has 6 heteroatoms. The second-order valence-corrected chi connectivity index (χ2v) is 9.36. The lowest BCUT2D eigenvalue weighted by atomic mass is 9.86. The number of para-hydroxylation sites is 1. The predicted octanol–water partition coefficient (Wildman–Crippen LogP) is 4.60. The van der Waals surface area contributed by atoms with Crippen LogP contribution in [0, 0.1) is 0 Å². The number of thioether (sulfide) groups is 1. The van der Waals surface area contributed by atoms with Gasteiger partial charge < -0.3 is 10.1 Å². The molecular formula is C23H25NO4S. The minimum Gasteiger partial charge on any atom is -0.454 e. The number of ketones is 1. The molecule has 152 valence electrons. The van der Waals surface area contributed by atoms with E-state index in [9.17, 15) is 14.4 Å². The van der Waals surface area contributed by atoms with Gasteiger partial charge in [-0.25, -0.2) is 0 Å². The summed E-state index contributed by atoms with van der Waals surface area (Å²) in [5, 5.41) is 2.22. The molecule has 0 radical (unpaired) electrons. The summed E-state index contributed by atoms with van der Waals surface area (Å²) in [5.74, 6) is -1.06. The van der Waals surface area contributed by atoms with Crippen LogP contribution in [0.5, 0.6) is 0 Å². The van der Waals surface area contributed by atoms with E-state index < -0.39 is 17.3 Å². The predicted molar refractivity (Wildman–Crippen MR) is 114 cm³/mol. The van der Waals surface area contributed by atoms with Gasteiger partial charge in [-0.1, -0.05) is 57.2 Å². The molecule has 2 aromatic rings. The zero-order valence-corrected chi connectivity index (χ0v) is 17.8. The number of Topliss-reactive ketones (excluding diaryl/α,β-unsaturated/α-hetero) is 1. The maximum absolute atomic E-state index is 12.6. The molecule has 5 nitrogen and oxygen atoms in total. The van der Waals surface area contributed by atoms with Crippen molar-refractivity contribution in [2.45, 2.75) is 55.8 Å². The summed E-state index contributed by atoms with van der Waals surface area (Å²) < 4.78 is 5.32. The van der Waals surface area contributed by atoms with E-state index in [-0.39, 0.29) is 23.5 Å². The number of fused-ring (bicyclic) bond motifs is 1. The highest BCUT2D eigenvalue weighted by Gasteiger charge is 2.30. The first kappa shape index (κ1) is 21.1. The van der Waals surface area contributed by atoms with E-state index in [0.717, 1.165) is 16.1 Å². The van der Waals surface area contributed by atoms with Gasteiger partial charge >= 0.3 is 5.97 Å². The third kappa shape index (κ3) is 5.07. The van der Waals surface area contributed by atoms with E-state index >= 15 is 0 Å². The van der Waals surface area contributed by atoms with E-state index in [1.54, 1.807) is 19.1 Å². The molecule has 1 heterocycles. The summed E-state index contributed by atoms with van der Waals surface area (Å²) in [6.45, 7) is 7.87. The van der Waals surface area contributed by atoms with Crippen molar-refractivity contribution >= 4 is 35.1 Å². The molecule has 29 heavy (non-hydrogen) atoms. The van der Waals surface area contributed by atoms with Crippen molar-refractivity contribution in [2.24, 2.45) is 0 Å². The minimum absolute atomic E-state index is 0.00346. The number of esters is 1. The van der Waals surface area contributed by atoms with Crippen LogP contribution in [0.2, 0.25) is 0 Å². The topological polar surface area (TPSA) is 72.5 Å². The molecule has 0 saturated heterocycles. The maximum Gasteiger partial charge on any atom is 0.308 e. The van der Waals surface area contributed by atoms with Crippen molar-refractivity contribution in [3.05, 3.63) is 59.7 Å². The SMILES string of the molecule is C[C@H](OC(=O)C[C@H]1Sc2ccccc2NC1=O)C(=O)c1ccc(C(C)(C)C)cc1. The van der Waals surface area contributed by atoms with Gasteiger partial charge in [-0.15, -0.1) is 11.8 Å². The Labute approximate surface area is 175 Å². The minimum atomic E-state index is -0.910. The van der Waals surface area contributed by atoms with Crippen LogP contribution in [0.3, 0.4) is 0 Å². The van der Waals surface area contributed by atoms with Crippen molar-refractivity contribution in [2.75, 3.05) is 5.32 Å². The first-order chi connectivity index (χ1) is 13.6. The average molecular weight is 412 g/mol. The Kier molecular flexibility index (Phi) is 6.13. The molecule has 3 rings (SSSR count). The number of carbonyl (C=O) groups excluding carboxylic acids is 3. The van der Waals surface area contributed by atoms with Crippen LogP contribution < -0.4 is 5.32 Å². The Hall–Kier alpha value is -2.60. The van der Waals surface area contributed by atoms with Gasteiger partial charge in [-0.2, -0.15) is 0 Å². The molecule has 1 amide bonds. The molecule has 0 saturated carbocycles. The molecule has 2 aromatic carbocycles. The fourth-order valence-electron chi connectivity index (χ4n) is 3.05. The smallest absolute Gasteiger partial charge is 0.308 e. The van der Waals surface area contributed by atoms with Crippen molar-refractivity contribution in [1.29, 1.82) is 0 Å². The second-order valence-electron chi connectivity index (χ2n) is 8.12. The third-order valence-electron chi connectivity index (χ3n) is 4.77. The molecule has 2 atom stereocenters. The van der Waals surface area contributed by atoms with E-state index in [0.29, 0.717) is 5.56 Å². The number of rotatable bonds is 5. The van der Waals surface area contributed by atoms with Gasteiger partial charge in [0.05, 0.1) is 17.4 Å². The molecule has 1 aliphatic rings. The van der Waals surface area contributed by atoms with Crippen LogP contribution >= 0.6 is 11.8 Å². The number of hydrogen-bond donors (Lipinski definition) is 1. The van der Waals surface area contributed by atoms with Gasteiger partial charge in [0.1, 0.15) is 0 Å². The lowest BCUT2D eigenvalue weighted by Gasteiger charge is -2.23. The summed E-state index contributed by atoms with van der Waals surface area (Å²) in [6.07, 6.45) is -1.00. The van der Waals surface area contributed by atoms with Crippen molar-refractivity contribution in [3.8, 4) is 0 Å². The van der Waals surface area contributed by atoms with E-state index in [2.05, 4.69) is 26.1 Å². The lowest BCUT2D eigenvalue weighted by Crippen LogP contribution is -2.33. The van der Waals surface area contributed by atoms with Gasteiger partial charge in [-0.3, -0.25) is 14.4 Å². The van der Waals surface area contributed by atoms with Crippen molar-refractivity contribution in [1.82, 2.24) is 0 Å². The summed E-state index contributed by atoms with van der Waals surface area (Å²) >= 11 is 1.33. The first-order valence-corrected chi connectivity index (χ1v) is 10.4. The monoisotopic (exact) mass is 411 g/mol. The Morgan fingerprint density at radius 1 is 1.10 bits per heavy atom. The fraction of sp³-hybridized carbons (Fsp3) is 0.348. The fourth-order valence-corrected chi connectivity index (χ4v) is 4.14. The number of benzene rings is 2. The Morgan fingerprint density at radius 3 is 2.41 bits per heavy atom. The highest BCUT2D eigenvalue weighted by atomic mass is 32.2. The number of amides is 1. The number of hydrogen-bond acceptors (Lipinski definition) is 5. The molecule has 1 aliphatic heterocycles. The maximum atomic E-state index is 12.6. The Morgan fingerprint density at radius 2 is 1.76 bits per heavy atom. The summed E-state index contributed by atoms with van der Waals surface area (Å²) in [4.78, 5) is 38.1. The molecule has 0 unspecified atom stereocenters. The molecule has 1 N–H and O–H groups in total. The van der Waals surface area contributed by atoms with Gasteiger partial charge in [0, 0.05) is 10.5 Å². The zero-order valence-electron chi connectivity index (χ0n) is 17.0. The van der Waals surface area contributed by atoms with Crippen molar-refractivity contribution in [3.63, 3.8) is 0 Å². The Bertz CT molecular complexity index is 931. The summed E-state index contributed by atoms with van der Waals surface area (Å²) in [5.41, 5.74) is 2.36. The van der Waals surface area contributed by atoms with Crippen LogP contribution in [0.25, 0.3) is 0 Å². The van der Waals surface area contributed by atoms with Gasteiger partial charge in [0.15, 0.2) is 6.10 Å². The largest absolute Gasteiger partial charge is 0.454 e. The molecule has 0 spiro atoms. The van der Waals surface area contributed by atoms with E-state index in [1.807, 2.05) is 36.4 Å². The van der Waals surface area contributed by atoms with Gasteiger partial charge in [-0.05, 0) is 30.0 Å². The highest BCUT2D eigenvalue weighted by molar-refractivity contribution is 8.01. The second kappa shape index (κ2) is 8.41. The number of carbonyl (C=O) groups is 3. The summed E-state index contributed by atoms with van der Waals surface area (Å²) in [7, 11) is 0. The third-order valence-corrected chi connectivity index (χ3v) is 6.05. The quantitative estimate of drug-likeness (QED) is 0.575. The van der Waals surface area contributed by atoms with Crippen LogP contribution in [-0.4, -0.2) is 29.0 Å². The van der Waals surface area contributed by atoms with Gasteiger partial charge in [0.25, 0.3) is 0 Å². The van der Waals surface area contributed by atoms with Crippen LogP contribution in [0.4, 0.5) is 5.69 Å². The molecule has 0 aliphatic carbocycles. The van der Waals surface area contributed by atoms with Crippen LogP contribution in [-0.2, 0) is 19.7 Å². The number of nitrogens with one attached hydrogen (secondary N) is 1. The normalized spacial score (nSPS) is 17.1. The Balaban J connectivity index is 1.59. The number of ether oxygens (including phenoxy) is 1. The molecular weight excluding hydrogens is 386 g/mol. The standard InChI is InChI=1S/C23H25NO4S/c1-14(21(26)15-9-11-16(12-10-15)23(2,3)4)28-20(25)13-19-22(27)24-17-7-5-6-8-18(17)29-19/h5-12,14,19H,13H2,1-4H3,(H,24,27)/t14-,19+/m0/s1. The lowest BCUT2D eigenvalue weighted by molar-refractivity contribution is -0.147. The molecule has 0 aromatic heterocycles.